The lowest BCUT2D eigenvalue weighted by Gasteiger charge is -2.33. The molecule has 0 saturated carbocycles. The largest absolute Gasteiger partial charge is 0.354 e. The third-order valence-corrected chi connectivity index (χ3v) is 3.19. The minimum atomic E-state index is 0.613. The molecule has 5 nitrogen and oxygen atoms in total. The second kappa shape index (κ2) is 5.93. The van der Waals surface area contributed by atoms with Crippen LogP contribution < -0.4 is 10.6 Å². The molecule has 0 aliphatic carbocycles. The van der Waals surface area contributed by atoms with Gasteiger partial charge in [-0.3, -0.25) is 0 Å². The van der Waals surface area contributed by atoms with Gasteiger partial charge < -0.3 is 15.5 Å². The summed E-state index contributed by atoms with van der Waals surface area (Å²) in [7, 11) is 2.19. The Hall–Kier alpha value is -1.20. The summed E-state index contributed by atoms with van der Waals surface area (Å²) in [6.45, 7) is 6.21. The number of likely N-dealkylation sites (N-methyl/N-ethyl adjacent to an activating group) is 1. The van der Waals surface area contributed by atoms with Gasteiger partial charge in [0, 0.05) is 44.6 Å². The minimum absolute atomic E-state index is 0.613. The fourth-order valence-electron chi connectivity index (χ4n) is 2.02. The molecule has 1 saturated heterocycles. The number of aryl methyl sites for hydroxylation is 1. The van der Waals surface area contributed by atoms with E-state index in [1.54, 1.807) is 0 Å². The van der Waals surface area contributed by atoms with Crippen LogP contribution in [-0.2, 0) is 0 Å². The van der Waals surface area contributed by atoms with Crippen molar-refractivity contribution in [3.63, 3.8) is 0 Å². The summed E-state index contributed by atoms with van der Waals surface area (Å²) in [5.41, 5.74) is 1.09. The summed E-state index contributed by atoms with van der Waals surface area (Å²) in [6.07, 6.45) is 4.79. The summed E-state index contributed by atoms with van der Waals surface area (Å²) in [5.74, 6) is 0.724. The Labute approximate surface area is 103 Å². The SMILES string of the molecule is Cc1cnc(NCCC2CNCCN2C)nc1. The zero-order chi connectivity index (χ0) is 12.1. The number of hydrogen-bond donors (Lipinski definition) is 2. The van der Waals surface area contributed by atoms with Gasteiger partial charge in [-0.05, 0) is 26.0 Å². The van der Waals surface area contributed by atoms with Crippen molar-refractivity contribution in [2.24, 2.45) is 0 Å². The van der Waals surface area contributed by atoms with Crippen LogP contribution in [0.15, 0.2) is 12.4 Å². The van der Waals surface area contributed by atoms with Crippen molar-refractivity contribution in [1.29, 1.82) is 0 Å². The smallest absolute Gasteiger partial charge is 0.222 e. The van der Waals surface area contributed by atoms with Crippen LogP contribution >= 0.6 is 0 Å². The lowest BCUT2D eigenvalue weighted by molar-refractivity contribution is 0.194. The Morgan fingerprint density at radius 3 is 2.94 bits per heavy atom. The Balaban J connectivity index is 1.73. The van der Waals surface area contributed by atoms with Crippen molar-refractivity contribution < 1.29 is 0 Å². The van der Waals surface area contributed by atoms with Gasteiger partial charge in [0.25, 0.3) is 0 Å². The first-order chi connectivity index (χ1) is 8.25. The molecule has 0 spiro atoms. The molecule has 1 atom stereocenters. The van der Waals surface area contributed by atoms with Crippen LogP contribution in [0.2, 0.25) is 0 Å². The number of piperazine rings is 1. The van der Waals surface area contributed by atoms with Crippen LogP contribution in [0.1, 0.15) is 12.0 Å². The van der Waals surface area contributed by atoms with Crippen molar-refractivity contribution in [2.75, 3.05) is 38.5 Å². The summed E-state index contributed by atoms with van der Waals surface area (Å²) in [6, 6.07) is 0.613. The molecule has 1 aliphatic rings. The zero-order valence-electron chi connectivity index (χ0n) is 10.6. The number of rotatable bonds is 4. The highest BCUT2D eigenvalue weighted by atomic mass is 15.2. The second-order valence-electron chi connectivity index (χ2n) is 4.64. The summed E-state index contributed by atoms with van der Waals surface area (Å²) in [4.78, 5) is 10.9. The Bertz CT molecular complexity index is 337. The molecule has 0 aromatic carbocycles. The zero-order valence-corrected chi connectivity index (χ0v) is 10.6. The van der Waals surface area contributed by atoms with Crippen molar-refractivity contribution in [3.05, 3.63) is 18.0 Å². The van der Waals surface area contributed by atoms with E-state index >= 15 is 0 Å². The van der Waals surface area contributed by atoms with E-state index in [0.717, 1.165) is 44.1 Å². The summed E-state index contributed by atoms with van der Waals surface area (Å²) < 4.78 is 0. The van der Waals surface area contributed by atoms with Gasteiger partial charge in [-0.15, -0.1) is 0 Å². The average molecular weight is 235 g/mol. The fraction of sp³-hybridized carbons (Fsp3) is 0.667. The van der Waals surface area contributed by atoms with Gasteiger partial charge in [0.2, 0.25) is 5.95 Å². The molecule has 5 heteroatoms. The number of nitrogens with one attached hydrogen (secondary N) is 2. The molecule has 0 radical (unpaired) electrons. The van der Waals surface area contributed by atoms with Crippen LogP contribution in [0, 0.1) is 6.92 Å². The Morgan fingerprint density at radius 2 is 2.24 bits per heavy atom. The van der Waals surface area contributed by atoms with E-state index in [1.165, 1.54) is 0 Å². The first-order valence-electron chi connectivity index (χ1n) is 6.19. The first kappa shape index (κ1) is 12.3. The predicted molar refractivity (Wildman–Crippen MR) is 69.2 cm³/mol. The van der Waals surface area contributed by atoms with Crippen molar-refractivity contribution >= 4 is 5.95 Å². The normalized spacial score (nSPS) is 21.4. The first-order valence-corrected chi connectivity index (χ1v) is 6.19. The average Bonchev–Trinajstić information content (AvgIpc) is 2.34. The minimum Gasteiger partial charge on any atom is -0.354 e. The van der Waals surface area contributed by atoms with E-state index in [4.69, 9.17) is 0 Å². The molecule has 94 valence electrons. The number of nitrogens with zero attached hydrogens (tertiary/aromatic N) is 3. The van der Waals surface area contributed by atoms with Gasteiger partial charge in [-0.1, -0.05) is 0 Å². The molecular weight excluding hydrogens is 214 g/mol. The topological polar surface area (TPSA) is 53.1 Å². The Kier molecular flexibility index (Phi) is 4.28. The molecule has 2 heterocycles. The fourth-order valence-corrected chi connectivity index (χ4v) is 2.02. The van der Waals surface area contributed by atoms with Gasteiger partial charge in [0.05, 0.1) is 0 Å². The van der Waals surface area contributed by atoms with Gasteiger partial charge in [0.15, 0.2) is 0 Å². The van der Waals surface area contributed by atoms with E-state index in [2.05, 4.69) is 32.5 Å². The molecular formula is C12H21N5. The lowest BCUT2D eigenvalue weighted by Crippen LogP contribution is -2.49. The van der Waals surface area contributed by atoms with Gasteiger partial charge in [-0.2, -0.15) is 0 Å². The molecule has 1 aromatic rings. The summed E-state index contributed by atoms with van der Waals surface area (Å²) >= 11 is 0. The maximum atomic E-state index is 4.23. The van der Waals surface area contributed by atoms with Crippen LogP contribution in [0.3, 0.4) is 0 Å². The highest BCUT2D eigenvalue weighted by Gasteiger charge is 2.17. The molecule has 2 rings (SSSR count). The van der Waals surface area contributed by atoms with E-state index in [-0.39, 0.29) is 0 Å². The van der Waals surface area contributed by atoms with E-state index in [9.17, 15) is 0 Å². The van der Waals surface area contributed by atoms with E-state index in [0.29, 0.717) is 6.04 Å². The van der Waals surface area contributed by atoms with E-state index in [1.807, 2.05) is 19.3 Å². The standard InChI is InChI=1S/C12H21N5/c1-10-7-15-12(16-8-10)14-4-3-11-9-13-5-6-17(11)2/h7-8,11,13H,3-6,9H2,1-2H3,(H,14,15,16). The van der Waals surface area contributed by atoms with Crippen LogP contribution in [0.4, 0.5) is 5.95 Å². The monoisotopic (exact) mass is 235 g/mol. The molecule has 1 unspecified atom stereocenters. The molecule has 0 amide bonds. The van der Waals surface area contributed by atoms with Crippen molar-refractivity contribution in [1.82, 2.24) is 20.2 Å². The number of aromatic nitrogens is 2. The maximum Gasteiger partial charge on any atom is 0.222 e. The summed E-state index contributed by atoms with van der Waals surface area (Å²) in [5, 5.41) is 6.68. The van der Waals surface area contributed by atoms with Crippen molar-refractivity contribution in [2.45, 2.75) is 19.4 Å². The quantitative estimate of drug-likeness (QED) is 0.795. The third kappa shape index (κ3) is 3.64. The highest BCUT2D eigenvalue weighted by molar-refractivity contribution is 5.23. The van der Waals surface area contributed by atoms with E-state index < -0.39 is 0 Å². The van der Waals surface area contributed by atoms with Crippen LogP contribution in [-0.4, -0.2) is 54.1 Å². The molecule has 1 aromatic heterocycles. The Morgan fingerprint density at radius 1 is 1.47 bits per heavy atom. The van der Waals surface area contributed by atoms with Gasteiger partial charge >= 0.3 is 0 Å². The number of hydrogen-bond acceptors (Lipinski definition) is 5. The van der Waals surface area contributed by atoms with Crippen LogP contribution in [0.25, 0.3) is 0 Å². The third-order valence-electron chi connectivity index (χ3n) is 3.19. The molecule has 2 N–H and O–H groups in total. The number of anilines is 1. The molecule has 17 heavy (non-hydrogen) atoms. The highest BCUT2D eigenvalue weighted by Crippen LogP contribution is 2.05. The van der Waals surface area contributed by atoms with Gasteiger partial charge in [-0.25, -0.2) is 9.97 Å². The second-order valence-corrected chi connectivity index (χ2v) is 4.64. The molecule has 1 fully saturated rings. The van der Waals surface area contributed by atoms with Gasteiger partial charge in [0.1, 0.15) is 0 Å². The van der Waals surface area contributed by atoms with Crippen LogP contribution in [0.5, 0.6) is 0 Å². The lowest BCUT2D eigenvalue weighted by atomic mass is 10.1. The maximum absolute atomic E-state index is 4.23. The van der Waals surface area contributed by atoms with Crippen molar-refractivity contribution in [3.8, 4) is 0 Å². The predicted octanol–water partition coefficient (Wildman–Crippen LogP) is 0.491. The molecule has 0 bridgehead atoms. The molecule has 1 aliphatic heterocycles.